The van der Waals surface area contributed by atoms with Crippen LogP contribution in [-0.4, -0.2) is 34.7 Å². The molecule has 106 valence electrons. The number of rotatable bonds is 3. The van der Waals surface area contributed by atoms with Crippen molar-refractivity contribution in [3.8, 4) is 0 Å². The maximum Gasteiger partial charge on any atom is 0.410 e. The van der Waals surface area contributed by atoms with Crippen molar-refractivity contribution >= 4 is 6.09 Å². The van der Waals surface area contributed by atoms with Gasteiger partial charge >= 0.3 is 6.09 Å². The van der Waals surface area contributed by atoms with Gasteiger partial charge < -0.3 is 15.4 Å². The first kappa shape index (κ1) is 15.3. The maximum atomic E-state index is 12.2. The molecule has 1 aliphatic carbocycles. The molecule has 0 atom stereocenters. The summed E-state index contributed by atoms with van der Waals surface area (Å²) in [6.07, 6.45) is 4.07. The van der Waals surface area contributed by atoms with Gasteiger partial charge in [0.05, 0.1) is 0 Å². The minimum absolute atomic E-state index is 0.112. The van der Waals surface area contributed by atoms with Gasteiger partial charge in [0.1, 0.15) is 5.60 Å². The molecule has 0 saturated heterocycles. The zero-order valence-corrected chi connectivity index (χ0v) is 12.5. The van der Waals surface area contributed by atoms with E-state index in [0.29, 0.717) is 6.54 Å². The highest BCUT2D eigenvalue weighted by Crippen LogP contribution is 2.29. The van der Waals surface area contributed by atoms with Crippen LogP contribution in [0.15, 0.2) is 0 Å². The fourth-order valence-electron chi connectivity index (χ4n) is 2.35. The van der Waals surface area contributed by atoms with Gasteiger partial charge in [0.25, 0.3) is 0 Å². The van der Waals surface area contributed by atoms with E-state index in [1.54, 1.807) is 4.90 Å². The van der Waals surface area contributed by atoms with E-state index in [1.807, 2.05) is 34.6 Å². The second kappa shape index (κ2) is 5.47. The molecule has 0 bridgehead atoms. The van der Waals surface area contributed by atoms with Crippen molar-refractivity contribution in [1.82, 2.24) is 4.90 Å². The maximum absolute atomic E-state index is 12.2. The molecule has 1 aliphatic rings. The van der Waals surface area contributed by atoms with E-state index in [4.69, 9.17) is 10.5 Å². The van der Waals surface area contributed by atoms with Crippen LogP contribution in [0.5, 0.6) is 0 Å². The van der Waals surface area contributed by atoms with Crippen LogP contribution in [0.4, 0.5) is 4.79 Å². The lowest BCUT2D eigenvalue weighted by Crippen LogP contribution is -2.53. The van der Waals surface area contributed by atoms with E-state index in [0.717, 1.165) is 25.7 Å². The number of nitrogens with zero attached hydrogens (tertiary/aromatic N) is 1. The van der Waals surface area contributed by atoms with Gasteiger partial charge in [-0.15, -0.1) is 0 Å². The van der Waals surface area contributed by atoms with Crippen molar-refractivity contribution < 1.29 is 9.53 Å². The zero-order valence-electron chi connectivity index (χ0n) is 12.5. The van der Waals surface area contributed by atoms with Crippen LogP contribution in [0.25, 0.3) is 0 Å². The monoisotopic (exact) mass is 256 g/mol. The van der Waals surface area contributed by atoms with E-state index in [9.17, 15) is 4.79 Å². The molecule has 4 nitrogen and oxygen atoms in total. The molecule has 1 amide bonds. The number of ether oxygens (including phenoxy) is 1. The quantitative estimate of drug-likeness (QED) is 0.844. The summed E-state index contributed by atoms with van der Waals surface area (Å²) in [6, 6.07) is 0.112. The van der Waals surface area contributed by atoms with Gasteiger partial charge in [0.2, 0.25) is 0 Å². The third kappa shape index (κ3) is 4.48. The Bertz CT molecular complexity index is 289. The summed E-state index contributed by atoms with van der Waals surface area (Å²) in [4.78, 5) is 13.9. The zero-order chi connectivity index (χ0) is 14.0. The van der Waals surface area contributed by atoms with Gasteiger partial charge in [-0.25, -0.2) is 4.79 Å². The summed E-state index contributed by atoms with van der Waals surface area (Å²) in [6.45, 7) is 10.3. The second-order valence-electron chi connectivity index (χ2n) is 6.77. The predicted octanol–water partition coefficient (Wildman–Crippen LogP) is 2.90. The Hall–Kier alpha value is -0.770. The van der Waals surface area contributed by atoms with Crippen molar-refractivity contribution in [1.29, 1.82) is 0 Å². The first-order valence-corrected chi connectivity index (χ1v) is 6.91. The molecule has 4 heteroatoms. The van der Waals surface area contributed by atoms with E-state index >= 15 is 0 Å². The summed E-state index contributed by atoms with van der Waals surface area (Å²) in [5.41, 5.74) is 5.67. The molecule has 0 aromatic rings. The number of nitrogens with two attached hydrogens (primary N) is 1. The SMILES string of the molecule is CC(C)N(CC1(N)CCCC1)C(=O)OC(C)(C)C. The molecule has 1 rings (SSSR count). The van der Waals surface area contributed by atoms with E-state index in [-0.39, 0.29) is 17.7 Å². The van der Waals surface area contributed by atoms with Gasteiger partial charge in [-0.3, -0.25) is 0 Å². The number of hydrogen-bond donors (Lipinski definition) is 1. The molecular weight excluding hydrogens is 228 g/mol. The highest BCUT2D eigenvalue weighted by atomic mass is 16.6. The second-order valence-corrected chi connectivity index (χ2v) is 6.77. The topological polar surface area (TPSA) is 55.6 Å². The highest BCUT2D eigenvalue weighted by molar-refractivity contribution is 5.68. The van der Waals surface area contributed by atoms with Crippen LogP contribution in [0, 0.1) is 0 Å². The largest absolute Gasteiger partial charge is 0.444 e. The lowest BCUT2D eigenvalue weighted by Gasteiger charge is -2.36. The van der Waals surface area contributed by atoms with Gasteiger partial charge in [0, 0.05) is 18.1 Å². The summed E-state index contributed by atoms with van der Waals surface area (Å²) in [5, 5.41) is 0. The van der Waals surface area contributed by atoms with Crippen molar-refractivity contribution in [3.63, 3.8) is 0 Å². The van der Waals surface area contributed by atoms with Gasteiger partial charge in [0.15, 0.2) is 0 Å². The third-order valence-electron chi connectivity index (χ3n) is 3.34. The molecule has 2 N–H and O–H groups in total. The number of amides is 1. The Morgan fingerprint density at radius 3 is 2.22 bits per heavy atom. The average Bonchev–Trinajstić information content (AvgIpc) is 2.59. The Kier molecular flexibility index (Phi) is 4.65. The van der Waals surface area contributed by atoms with Gasteiger partial charge in [-0.1, -0.05) is 12.8 Å². The van der Waals surface area contributed by atoms with Crippen LogP contribution in [0.3, 0.4) is 0 Å². The van der Waals surface area contributed by atoms with Crippen LogP contribution < -0.4 is 5.73 Å². The Labute approximate surface area is 111 Å². The summed E-state index contributed by atoms with van der Waals surface area (Å²) in [7, 11) is 0. The molecule has 1 fully saturated rings. The Morgan fingerprint density at radius 1 is 1.33 bits per heavy atom. The molecule has 0 unspecified atom stereocenters. The van der Waals surface area contributed by atoms with Crippen LogP contribution in [0.1, 0.15) is 60.3 Å². The average molecular weight is 256 g/mol. The number of carbonyl (C=O) groups excluding carboxylic acids is 1. The molecule has 0 aromatic heterocycles. The summed E-state index contributed by atoms with van der Waals surface area (Å²) in [5.74, 6) is 0. The molecule has 0 spiro atoms. The van der Waals surface area contributed by atoms with E-state index < -0.39 is 5.60 Å². The van der Waals surface area contributed by atoms with Gasteiger partial charge in [-0.2, -0.15) is 0 Å². The molecule has 0 aromatic carbocycles. The first-order chi connectivity index (χ1) is 8.13. The molecule has 0 heterocycles. The van der Waals surface area contributed by atoms with Gasteiger partial charge in [-0.05, 0) is 47.5 Å². The summed E-state index contributed by atoms with van der Waals surface area (Å²) >= 11 is 0. The van der Waals surface area contributed by atoms with Crippen molar-refractivity contribution in [2.24, 2.45) is 5.73 Å². The standard InChI is InChI=1S/C14H28N2O2/c1-11(2)16(12(17)18-13(3,4)5)10-14(15)8-6-7-9-14/h11H,6-10,15H2,1-5H3. The van der Waals surface area contributed by atoms with Crippen molar-refractivity contribution in [2.45, 2.75) is 77.5 Å². The van der Waals surface area contributed by atoms with E-state index in [2.05, 4.69) is 0 Å². The molecule has 0 radical (unpaired) electrons. The molecule has 18 heavy (non-hydrogen) atoms. The molecular formula is C14H28N2O2. The lowest BCUT2D eigenvalue weighted by atomic mass is 9.98. The normalized spacial score (nSPS) is 19.1. The fourth-order valence-corrected chi connectivity index (χ4v) is 2.35. The first-order valence-electron chi connectivity index (χ1n) is 6.91. The number of carbonyl (C=O) groups is 1. The molecule has 1 saturated carbocycles. The third-order valence-corrected chi connectivity index (χ3v) is 3.34. The Balaban J connectivity index is 2.68. The van der Waals surface area contributed by atoms with Crippen molar-refractivity contribution in [3.05, 3.63) is 0 Å². The van der Waals surface area contributed by atoms with Crippen LogP contribution in [0.2, 0.25) is 0 Å². The van der Waals surface area contributed by atoms with E-state index in [1.165, 1.54) is 0 Å². The smallest absolute Gasteiger partial charge is 0.410 e. The van der Waals surface area contributed by atoms with Crippen molar-refractivity contribution in [2.75, 3.05) is 6.54 Å². The Morgan fingerprint density at radius 2 is 1.83 bits per heavy atom. The highest BCUT2D eigenvalue weighted by Gasteiger charge is 2.35. The lowest BCUT2D eigenvalue weighted by molar-refractivity contribution is 0.0142. The minimum Gasteiger partial charge on any atom is -0.444 e. The minimum atomic E-state index is -0.457. The predicted molar refractivity (Wildman–Crippen MR) is 73.5 cm³/mol. The molecule has 0 aliphatic heterocycles. The fraction of sp³-hybridized carbons (Fsp3) is 0.929. The summed E-state index contributed by atoms with van der Waals surface area (Å²) < 4.78 is 5.45. The number of hydrogen-bond acceptors (Lipinski definition) is 3. The van der Waals surface area contributed by atoms with Crippen LogP contribution in [-0.2, 0) is 4.74 Å². The van der Waals surface area contributed by atoms with Crippen LogP contribution >= 0.6 is 0 Å².